The topological polar surface area (TPSA) is 21.3 Å². The summed E-state index contributed by atoms with van der Waals surface area (Å²) in [6, 6.07) is 0. The standard InChI is InChI=1S/C12H12Cl5NO/c13-7-8(14)10(16)12(11(17)9(7)15)19-4-3-18-5-6-1-2-6/h6,18H,1-5H2. The van der Waals surface area contributed by atoms with E-state index >= 15 is 0 Å². The maximum atomic E-state index is 6.04. The molecule has 2 nitrogen and oxygen atoms in total. The molecule has 2 rings (SSSR count). The monoisotopic (exact) mass is 361 g/mol. The van der Waals surface area contributed by atoms with Gasteiger partial charge in [-0.25, -0.2) is 0 Å². The lowest BCUT2D eigenvalue weighted by atomic mass is 10.3. The minimum Gasteiger partial charge on any atom is -0.489 e. The van der Waals surface area contributed by atoms with Gasteiger partial charge in [0.15, 0.2) is 5.75 Å². The van der Waals surface area contributed by atoms with Crippen LogP contribution in [-0.4, -0.2) is 19.7 Å². The molecule has 1 aliphatic carbocycles. The van der Waals surface area contributed by atoms with Crippen molar-refractivity contribution in [3.8, 4) is 5.75 Å². The summed E-state index contributed by atoms with van der Waals surface area (Å²) in [6.07, 6.45) is 2.63. The van der Waals surface area contributed by atoms with Gasteiger partial charge in [-0.05, 0) is 25.3 Å². The number of hydrogen-bond acceptors (Lipinski definition) is 2. The molecule has 0 bridgehead atoms. The summed E-state index contributed by atoms with van der Waals surface area (Å²) >= 11 is 29.9. The number of ether oxygens (including phenoxy) is 1. The zero-order valence-electron chi connectivity index (χ0n) is 9.91. The summed E-state index contributed by atoms with van der Waals surface area (Å²) in [5, 5.41) is 4.10. The maximum absolute atomic E-state index is 6.04. The Hall–Kier alpha value is 0.430. The first-order chi connectivity index (χ1) is 9.02. The molecule has 1 N–H and O–H groups in total. The highest BCUT2D eigenvalue weighted by Gasteiger charge is 2.21. The van der Waals surface area contributed by atoms with E-state index in [-0.39, 0.29) is 30.9 Å². The lowest BCUT2D eigenvalue weighted by Crippen LogP contribution is -2.23. The number of benzene rings is 1. The Bertz CT molecular complexity index is 447. The molecule has 1 fully saturated rings. The van der Waals surface area contributed by atoms with Gasteiger partial charge in [0.2, 0.25) is 0 Å². The van der Waals surface area contributed by atoms with Crippen molar-refractivity contribution in [3.05, 3.63) is 25.1 Å². The molecule has 0 amide bonds. The van der Waals surface area contributed by atoms with Crippen molar-refractivity contribution in [2.75, 3.05) is 19.7 Å². The summed E-state index contributed by atoms with van der Waals surface area (Å²) in [4.78, 5) is 0. The van der Waals surface area contributed by atoms with Crippen LogP contribution in [0.25, 0.3) is 0 Å². The third-order valence-electron chi connectivity index (χ3n) is 2.82. The molecule has 19 heavy (non-hydrogen) atoms. The fraction of sp³-hybridized carbons (Fsp3) is 0.500. The molecule has 1 aromatic carbocycles. The van der Waals surface area contributed by atoms with Crippen molar-refractivity contribution in [1.29, 1.82) is 0 Å². The van der Waals surface area contributed by atoms with Gasteiger partial charge >= 0.3 is 0 Å². The first kappa shape index (κ1) is 15.8. The molecule has 0 radical (unpaired) electrons. The van der Waals surface area contributed by atoms with Gasteiger partial charge < -0.3 is 10.1 Å². The second-order valence-electron chi connectivity index (χ2n) is 4.39. The molecule has 0 spiro atoms. The second-order valence-corrected chi connectivity index (χ2v) is 6.28. The summed E-state index contributed by atoms with van der Waals surface area (Å²) in [5.74, 6) is 1.10. The molecule has 1 aliphatic rings. The van der Waals surface area contributed by atoms with Gasteiger partial charge in [0.1, 0.15) is 16.7 Å². The smallest absolute Gasteiger partial charge is 0.159 e. The van der Waals surface area contributed by atoms with Crippen LogP contribution in [0, 0.1) is 5.92 Å². The van der Waals surface area contributed by atoms with Gasteiger partial charge in [-0.15, -0.1) is 0 Å². The van der Waals surface area contributed by atoms with Crippen molar-refractivity contribution in [1.82, 2.24) is 5.32 Å². The van der Waals surface area contributed by atoms with E-state index in [1.165, 1.54) is 12.8 Å². The SMILES string of the molecule is Clc1c(Cl)c(Cl)c(OCCNCC2CC2)c(Cl)c1Cl. The van der Waals surface area contributed by atoms with Crippen LogP contribution in [0.4, 0.5) is 0 Å². The summed E-state index contributed by atoms with van der Waals surface area (Å²) in [7, 11) is 0. The molecular formula is C12H12Cl5NO. The van der Waals surface area contributed by atoms with Gasteiger partial charge in [0.05, 0.1) is 15.1 Å². The second kappa shape index (κ2) is 6.93. The number of rotatable bonds is 6. The van der Waals surface area contributed by atoms with Crippen LogP contribution < -0.4 is 10.1 Å². The molecular weight excluding hydrogens is 351 g/mol. The molecule has 0 aliphatic heterocycles. The van der Waals surface area contributed by atoms with Crippen molar-refractivity contribution < 1.29 is 4.74 Å². The van der Waals surface area contributed by atoms with Gasteiger partial charge in [0.25, 0.3) is 0 Å². The highest BCUT2D eigenvalue weighted by Crippen LogP contribution is 2.48. The molecule has 106 valence electrons. The first-order valence-corrected chi connectivity index (χ1v) is 7.76. The summed E-state index contributed by atoms with van der Waals surface area (Å²) < 4.78 is 5.53. The third kappa shape index (κ3) is 3.96. The van der Waals surface area contributed by atoms with Crippen molar-refractivity contribution in [2.24, 2.45) is 5.92 Å². The Morgan fingerprint density at radius 3 is 1.95 bits per heavy atom. The molecule has 0 saturated heterocycles. The first-order valence-electron chi connectivity index (χ1n) is 5.87. The largest absolute Gasteiger partial charge is 0.489 e. The van der Waals surface area contributed by atoms with E-state index in [2.05, 4.69) is 5.32 Å². The van der Waals surface area contributed by atoms with Crippen LogP contribution in [0.5, 0.6) is 5.75 Å². The third-order valence-corrected chi connectivity index (χ3v) is 5.07. The molecule has 0 heterocycles. The Morgan fingerprint density at radius 2 is 1.42 bits per heavy atom. The molecule has 1 saturated carbocycles. The highest BCUT2D eigenvalue weighted by molar-refractivity contribution is 6.55. The normalized spacial score (nSPS) is 14.8. The zero-order chi connectivity index (χ0) is 14.0. The molecule has 0 unspecified atom stereocenters. The molecule has 7 heteroatoms. The van der Waals surface area contributed by atoms with Crippen molar-refractivity contribution in [2.45, 2.75) is 12.8 Å². The summed E-state index contributed by atoms with van der Waals surface area (Å²) in [6.45, 7) is 2.16. The van der Waals surface area contributed by atoms with E-state index in [0.29, 0.717) is 13.2 Å². The van der Waals surface area contributed by atoms with E-state index in [1.54, 1.807) is 0 Å². The van der Waals surface area contributed by atoms with Gasteiger partial charge in [-0.3, -0.25) is 0 Å². The van der Waals surface area contributed by atoms with E-state index in [0.717, 1.165) is 12.5 Å². The van der Waals surface area contributed by atoms with E-state index in [4.69, 9.17) is 62.7 Å². The zero-order valence-corrected chi connectivity index (χ0v) is 13.7. The average Bonchev–Trinajstić information content (AvgIpc) is 3.21. The minimum atomic E-state index is 0.137. The van der Waals surface area contributed by atoms with Crippen LogP contribution in [0.1, 0.15) is 12.8 Å². The Labute approximate surface area is 137 Å². The fourth-order valence-corrected chi connectivity index (χ4v) is 2.80. The maximum Gasteiger partial charge on any atom is 0.159 e. The lowest BCUT2D eigenvalue weighted by molar-refractivity contribution is 0.313. The van der Waals surface area contributed by atoms with Crippen LogP contribution in [0.3, 0.4) is 0 Å². The van der Waals surface area contributed by atoms with Crippen LogP contribution >= 0.6 is 58.0 Å². The number of halogens is 5. The van der Waals surface area contributed by atoms with Crippen molar-refractivity contribution in [3.63, 3.8) is 0 Å². The molecule has 0 aromatic heterocycles. The minimum absolute atomic E-state index is 0.137. The van der Waals surface area contributed by atoms with Crippen LogP contribution in [0.15, 0.2) is 0 Å². The van der Waals surface area contributed by atoms with E-state index in [9.17, 15) is 0 Å². The van der Waals surface area contributed by atoms with Crippen LogP contribution in [-0.2, 0) is 0 Å². The van der Waals surface area contributed by atoms with Crippen LogP contribution in [0.2, 0.25) is 25.1 Å². The van der Waals surface area contributed by atoms with Crippen molar-refractivity contribution >= 4 is 58.0 Å². The Kier molecular flexibility index (Phi) is 5.77. The predicted octanol–water partition coefficient (Wildman–Crippen LogP) is 5.33. The van der Waals surface area contributed by atoms with Gasteiger partial charge in [-0.1, -0.05) is 58.0 Å². The molecule has 1 aromatic rings. The Morgan fingerprint density at radius 1 is 0.895 bits per heavy atom. The Balaban J connectivity index is 1.94. The predicted molar refractivity (Wildman–Crippen MR) is 82.6 cm³/mol. The lowest BCUT2D eigenvalue weighted by Gasteiger charge is -2.13. The summed E-state index contributed by atoms with van der Waals surface area (Å²) in [5.41, 5.74) is 0. The highest BCUT2D eigenvalue weighted by atomic mass is 35.5. The average molecular weight is 363 g/mol. The van der Waals surface area contributed by atoms with E-state index in [1.807, 2.05) is 0 Å². The fourth-order valence-electron chi connectivity index (χ4n) is 1.56. The van der Waals surface area contributed by atoms with Gasteiger partial charge in [-0.2, -0.15) is 0 Å². The van der Waals surface area contributed by atoms with E-state index < -0.39 is 0 Å². The number of nitrogens with one attached hydrogen (secondary N) is 1. The number of hydrogen-bond donors (Lipinski definition) is 1. The van der Waals surface area contributed by atoms with Gasteiger partial charge in [0, 0.05) is 6.54 Å². The quantitative estimate of drug-likeness (QED) is 0.419. The molecule has 0 atom stereocenters.